The predicted molar refractivity (Wildman–Crippen MR) is 184 cm³/mol. The molecule has 1 aliphatic rings. The molecule has 53 heavy (non-hydrogen) atoms. The number of halogens is 9. The molecule has 0 saturated heterocycles. The number of nitrogens with zero attached hydrogens (tertiary/aromatic N) is 4. The van der Waals surface area contributed by atoms with Crippen molar-refractivity contribution in [3.63, 3.8) is 0 Å². The molecule has 1 heterocycles. The molecule has 7 nitrogen and oxygen atoms in total. The van der Waals surface area contributed by atoms with Crippen LogP contribution in [0, 0.1) is 11.8 Å². The second-order valence-corrected chi connectivity index (χ2v) is 13.9. The number of carbonyl (C=O) groups excluding carboxylic acids is 1. The van der Waals surface area contributed by atoms with Crippen LogP contribution in [-0.2, 0) is 34.6 Å². The predicted octanol–water partition coefficient (Wildman–Crippen LogP) is 9.85. The van der Waals surface area contributed by atoms with E-state index >= 15 is 0 Å². The van der Waals surface area contributed by atoms with E-state index in [1.807, 2.05) is 18.1 Å². The summed E-state index contributed by atoms with van der Waals surface area (Å²) in [5, 5.41) is 0. The first kappa shape index (κ1) is 41.9. The van der Waals surface area contributed by atoms with Crippen molar-refractivity contribution in [3.05, 3.63) is 76.6 Å². The van der Waals surface area contributed by atoms with E-state index in [9.17, 15) is 44.3 Å². The lowest BCUT2D eigenvalue weighted by atomic mass is 9.82. The molecule has 4 rings (SSSR count). The summed E-state index contributed by atoms with van der Waals surface area (Å²) in [5.41, 5.74) is -3.90. The van der Waals surface area contributed by atoms with E-state index in [0.29, 0.717) is 56.3 Å². The third-order valence-electron chi connectivity index (χ3n) is 9.30. The number of rotatable bonds is 16. The minimum Gasteiger partial charge on any atom is -0.489 e. The number of hydrogen-bond donors (Lipinski definition) is 0. The lowest BCUT2D eigenvalue weighted by Gasteiger charge is -2.36. The molecule has 1 aliphatic carbocycles. The Kier molecular flexibility index (Phi) is 14.2. The summed E-state index contributed by atoms with van der Waals surface area (Å²) in [5.74, 6) is 1.12. The van der Waals surface area contributed by atoms with E-state index in [0.717, 1.165) is 37.8 Å². The van der Waals surface area contributed by atoms with Gasteiger partial charge in [0.1, 0.15) is 0 Å². The second-order valence-electron chi connectivity index (χ2n) is 12.9. The van der Waals surface area contributed by atoms with Gasteiger partial charge in [-0.3, -0.25) is 4.79 Å². The Morgan fingerprint density at radius 1 is 0.868 bits per heavy atom. The molecule has 1 unspecified atom stereocenters. The Balaban J connectivity index is 1.79. The lowest BCUT2D eigenvalue weighted by Crippen LogP contribution is -2.34. The second kappa shape index (κ2) is 18.0. The Hall–Kier alpha value is -3.89. The topological polar surface area (TPSA) is 67.8 Å². The number of ether oxygens (including phenoxy) is 2. The summed E-state index contributed by atoms with van der Waals surface area (Å²) >= 11 is 1.52. The Morgan fingerprint density at radius 3 is 1.98 bits per heavy atom. The van der Waals surface area contributed by atoms with E-state index in [2.05, 4.69) is 9.97 Å². The zero-order chi connectivity index (χ0) is 39.0. The summed E-state index contributed by atoms with van der Waals surface area (Å²) < 4.78 is 136. The molecule has 1 aromatic heterocycles. The third-order valence-corrected chi connectivity index (χ3v) is 9.88. The summed E-state index contributed by atoms with van der Waals surface area (Å²) in [6.45, 7) is 4.68. The highest BCUT2D eigenvalue weighted by atomic mass is 32.2. The van der Waals surface area contributed by atoms with Crippen LogP contribution in [0.25, 0.3) is 0 Å². The van der Waals surface area contributed by atoms with Crippen LogP contribution in [0.2, 0.25) is 0 Å². The molecule has 0 aliphatic heterocycles. The summed E-state index contributed by atoms with van der Waals surface area (Å²) in [6, 6.07) is 3.14. The van der Waals surface area contributed by atoms with Crippen LogP contribution in [0.15, 0.2) is 48.8 Å². The number of aromatic nitrogens is 2. The van der Waals surface area contributed by atoms with Crippen LogP contribution >= 0.6 is 11.8 Å². The molecule has 0 amide bonds. The first-order valence-corrected chi connectivity index (χ1v) is 18.3. The maximum absolute atomic E-state index is 14.1. The van der Waals surface area contributed by atoms with Crippen molar-refractivity contribution in [2.75, 3.05) is 48.1 Å². The van der Waals surface area contributed by atoms with Gasteiger partial charge < -0.3 is 19.3 Å². The first-order valence-electron chi connectivity index (χ1n) is 16.9. The number of carbonyl (C=O) groups is 1. The zero-order valence-corrected chi connectivity index (χ0v) is 30.1. The van der Waals surface area contributed by atoms with E-state index in [4.69, 9.17) is 9.47 Å². The van der Waals surface area contributed by atoms with Gasteiger partial charge in [-0.25, -0.2) is 9.97 Å². The Morgan fingerprint density at radius 2 is 1.45 bits per heavy atom. The highest BCUT2D eigenvalue weighted by Gasteiger charge is 2.38. The van der Waals surface area contributed by atoms with E-state index in [1.165, 1.54) is 42.0 Å². The fourth-order valence-electron chi connectivity index (χ4n) is 6.40. The van der Waals surface area contributed by atoms with Gasteiger partial charge >= 0.3 is 18.5 Å². The van der Waals surface area contributed by atoms with Crippen LogP contribution in [0.5, 0.6) is 5.75 Å². The van der Waals surface area contributed by atoms with Crippen molar-refractivity contribution in [3.8, 4) is 5.75 Å². The van der Waals surface area contributed by atoms with Crippen LogP contribution in [0.3, 0.4) is 0 Å². The van der Waals surface area contributed by atoms with Crippen molar-refractivity contribution in [2.45, 2.75) is 70.6 Å². The van der Waals surface area contributed by atoms with Crippen molar-refractivity contribution in [1.82, 2.24) is 9.97 Å². The van der Waals surface area contributed by atoms with E-state index in [1.54, 1.807) is 0 Å². The Labute approximate surface area is 306 Å². The smallest absolute Gasteiger partial charge is 0.416 e. The standard InChI is InChI=1S/C36H41F9N4O3S/c1-4-48(19-24-5-7-25(8-6-24)21-51-22-50)32-10-9-28(34(37,38)39)15-27(32)20-49(33-46-17-31(18-47-33)52-11-12-53-3)23(2)26-13-29(35(40,41)42)16-30(14-26)36(43,44)45/h9-10,13-18,22-25H,4-8,11-12,19-21H2,1-3H3/t23?,24-,25-. The van der Waals surface area contributed by atoms with Crippen LogP contribution in [0.1, 0.15) is 73.4 Å². The summed E-state index contributed by atoms with van der Waals surface area (Å²) in [6.07, 6.45) is -7.37. The molecule has 292 valence electrons. The van der Waals surface area contributed by atoms with Gasteiger partial charge in [-0.1, -0.05) is 0 Å². The lowest BCUT2D eigenvalue weighted by molar-refractivity contribution is -0.143. The third kappa shape index (κ3) is 11.5. The summed E-state index contributed by atoms with van der Waals surface area (Å²) in [4.78, 5) is 22.4. The van der Waals surface area contributed by atoms with Gasteiger partial charge in [0, 0.05) is 31.1 Å². The largest absolute Gasteiger partial charge is 0.489 e. The highest BCUT2D eigenvalue weighted by Crippen LogP contribution is 2.41. The van der Waals surface area contributed by atoms with Gasteiger partial charge in [0.05, 0.1) is 48.3 Å². The molecular formula is C36H41F9N4O3S. The molecule has 3 aromatic rings. The molecule has 1 fully saturated rings. The maximum Gasteiger partial charge on any atom is 0.416 e. The number of benzene rings is 2. The quantitative estimate of drug-likeness (QED) is 0.0809. The zero-order valence-electron chi connectivity index (χ0n) is 29.3. The van der Waals surface area contributed by atoms with E-state index in [-0.39, 0.29) is 35.2 Å². The highest BCUT2D eigenvalue weighted by molar-refractivity contribution is 7.98. The first-order chi connectivity index (χ1) is 24.9. The molecule has 0 spiro atoms. The molecular weight excluding hydrogens is 739 g/mol. The number of anilines is 2. The average Bonchev–Trinajstić information content (AvgIpc) is 3.11. The fraction of sp³-hybridized carbons (Fsp3) is 0.528. The SMILES string of the molecule is CCN(C[C@H]1CC[C@H](COC=O)CC1)c1ccc(C(F)(F)F)cc1CN(c1ncc(OCCSC)cn1)C(C)c1cc(C(F)(F)F)cc(C(F)(F)F)c1. The monoisotopic (exact) mass is 780 g/mol. The van der Waals surface area contributed by atoms with Crippen LogP contribution in [-0.4, -0.2) is 54.8 Å². The molecule has 1 atom stereocenters. The van der Waals surface area contributed by atoms with Gasteiger partial charge in [-0.05, 0) is 105 Å². The molecule has 0 bridgehead atoms. The van der Waals surface area contributed by atoms with Gasteiger partial charge in [-0.15, -0.1) is 0 Å². The fourth-order valence-corrected chi connectivity index (χ4v) is 6.65. The molecule has 1 saturated carbocycles. The number of alkyl halides is 9. The van der Waals surface area contributed by atoms with E-state index < -0.39 is 53.4 Å². The molecule has 0 radical (unpaired) electrons. The van der Waals surface area contributed by atoms with Gasteiger partial charge in [0.2, 0.25) is 5.95 Å². The van der Waals surface area contributed by atoms with Crippen molar-refractivity contribution in [1.29, 1.82) is 0 Å². The molecule has 0 N–H and O–H groups in total. The van der Waals surface area contributed by atoms with Gasteiger partial charge in [0.15, 0.2) is 5.75 Å². The van der Waals surface area contributed by atoms with Gasteiger partial charge in [0.25, 0.3) is 6.47 Å². The minimum absolute atomic E-state index is 0.0185. The molecule has 17 heteroatoms. The van der Waals surface area contributed by atoms with Crippen molar-refractivity contribution < 1.29 is 53.8 Å². The maximum atomic E-state index is 14.1. The summed E-state index contributed by atoms with van der Waals surface area (Å²) in [7, 11) is 0. The van der Waals surface area contributed by atoms with Crippen LogP contribution < -0.4 is 14.5 Å². The Bertz CT molecular complexity index is 1600. The molecule has 2 aromatic carbocycles. The number of hydrogen-bond acceptors (Lipinski definition) is 8. The average molecular weight is 781 g/mol. The van der Waals surface area contributed by atoms with Crippen molar-refractivity contribution in [2.24, 2.45) is 11.8 Å². The number of thioether (sulfide) groups is 1. The normalized spacial score (nSPS) is 17.3. The van der Waals surface area contributed by atoms with Gasteiger partial charge in [-0.2, -0.15) is 51.3 Å². The minimum atomic E-state index is -5.12. The van der Waals surface area contributed by atoms with Crippen molar-refractivity contribution >= 4 is 29.9 Å². The van der Waals surface area contributed by atoms with Crippen LogP contribution in [0.4, 0.5) is 51.1 Å².